The van der Waals surface area contributed by atoms with Crippen LogP contribution in [0.4, 0.5) is 0 Å². The second-order valence-electron chi connectivity index (χ2n) is 6.11. The third-order valence-corrected chi connectivity index (χ3v) is 7.16. The van der Waals surface area contributed by atoms with Crippen LogP contribution in [-0.4, -0.2) is 64.3 Å². The van der Waals surface area contributed by atoms with Crippen LogP contribution in [0.2, 0.25) is 0 Å². The van der Waals surface area contributed by atoms with E-state index in [1.165, 1.54) is 16.7 Å². The number of aromatic nitrogens is 3. The van der Waals surface area contributed by atoms with Crippen LogP contribution < -0.4 is 0 Å². The predicted octanol–water partition coefficient (Wildman–Crippen LogP) is 1.12. The topological polar surface area (TPSA) is 98.3 Å². The summed E-state index contributed by atoms with van der Waals surface area (Å²) in [6.07, 6.45) is 2.10. The van der Waals surface area contributed by atoms with E-state index in [1.54, 1.807) is 13.3 Å². The standard InChI is InChI=1S/C15H20N4O4S2/c1-10-12(4-6-23-10)14-16-17-15(19(14)3)24-8-13(20)18(2)11-5-7-25(21,22)9-11/h4,6,11H,5,7-9H2,1-3H3/t11-/m0/s1. The van der Waals surface area contributed by atoms with Gasteiger partial charge in [-0.1, -0.05) is 11.8 Å². The second-order valence-corrected chi connectivity index (χ2v) is 9.28. The van der Waals surface area contributed by atoms with Crippen LogP contribution in [0.1, 0.15) is 12.2 Å². The summed E-state index contributed by atoms with van der Waals surface area (Å²) in [6, 6.07) is 1.59. The molecule has 8 nitrogen and oxygen atoms in total. The fraction of sp³-hybridized carbons (Fsp3) is 0.533. The summed E-state index contributed by atoms with van der Waals surface area (Å²) in [4.78, 5) is 13.9. The molecule has 0 radical (unpaired) electrons. The number of hydrogen-bond acceptors (Lipinski definition) is 7. The smallest absolute Gasteiger partial charge is 0.233 e. The van der Waals surface area contributed by atoms with Gasteiger partial charge in [-0.05, 0) is 19.4 Å². The monoisotopic (exact) mass is 384 g/mol. The first-order valence-electron chi connectivity index (χ1n) is 7.81. The van der Waals surface area contributed by atoms with Crippen molar-refractivity contribution < 1.29 is 17.6 Å². The molecule has 1 aliphatic heterocycles. The Bertz CT molecular complexity index is 887. The van der Waals surface area contributed by atoms with Crippen LogP contribution in [-0.2, 0) is 21.7 Å². The number of sulfone groups is 1. The lowest BCUT2D eigenvalue weighted by Gasteiger charge is -2.23. The first-order chi connectivity index (χ1) is 11.8. The van der Waals surface area contributed by atoms with Crippen LogP contribution in [0.15, 0.2) is 21.9 Å². The molecule has 10 heteroatoms. The highest BCUT2D eigenvalue weighted by molar-refractivity contribution is 7.99. The number of furan rings is 1. The molecule has 1 amide bonds. The zero-order chi connectivity index (χ0) is 18.2. The molecule has 1 fully saturated rings. The van der Waals surface area contributed by atoms with E-state index in [9.17, 15) is 13.2 Å². The minimum Gasteiger partial charge on any atom is -0.469 e. The van der Waals surface area contributed by atoms with E-state index >= 15 is 0 Å². The zero-order valence-corrected chi connectivity index (χ0v) is 15.9. The van der Waals surface area contributed by atoms with E-state index in [2.05, 4.69) is 10.2 Å². The fourth-order valence-corrected chi connectivity index (χ4v) is 5.41. The van der Waals surface area contributed by atoms with Crippen LogP contribution in [0, 0.1) is 6.92 Å². The minimum absolute atomic E-state index is 0.0494. The van der Waals surface area contributed by atoms with Gasteiger partial charge in [0.05, 0.1) is 29.1 Å². The second kappa shape index (κ2) is 6.83. The Kier molecular flexibility index (Phi) is 4.92. The molecule has 0 N–H and O–H groups in total. The van der Waals surface area contributed by atoms with Crippen molar-refractivity contribution in [2.45, 2.75) is 24.5 Å². The Labute approximate surface area is 150 Å². The summed E-state index contributed by atoms with van der Waals surface area (Å²) < 4.78 is 30.2. The van der Waals surface area contributed by atoms with Gasteiger partial charge >= 0.3 is 0 Å². The molecule has 0 unspecified atom stereocenters. The van der Waals surface area contributed by atoms with E-state index in [1.807, 2.05) is 24.6 Å². The Morgan fingerprint density at radius 1 is 1.48 bits per heavy atom. The van der Waals surface area contributed by atoms with Gasteiger partial charge in [0, 0.05) is 20.1 Å². The molecule has 1 atom stereocenters. The average Bonchev–Trinajstić information content (AvgIpc) is 3.23. The number of rotatable bonds is 5. The lowest BCUT2D eigenvalue weighted by molar-refractivity contribution is -0.128. The number of carbonyl (C=O) groups is 1. The SMILES string of the molecule is Cc1occc1-c1nnc(SCC(=O)N(C)[C@H]2CCS(=O)(=O)C2)n1C. The molecule has 0 aliphatic carbocycles. The van der Waals surface area contributed by atoms with Gasteiger partial charge in [0.2, 0.25) is 5.91 Å². The quantitative estimate of drug-likeness (QED) is 0.712. The van der Waals surface area contributed by atoms with E-state index < -0.39 is 9.84 Å². The van der Waals surface area contributed by atoms with Crippen molar-refractivity contribution in [2.24, 2.45) is 7.05 Å². The molecule has 0 saturated carbocycles. The van der Waals surface area contributed by atoms with Gasteiger partial charge in [-0.15, -0.1) is 10.2 Å². The molecule has 0 spiro atoms. The van der Waals surface area contributed by atoms with Crippen molar-refractivity contribution in [3.8, 4) is 11.4 Å². The minimum atomic E-state index is -3.01. The molecular formula is C15H20N4O4S2. The van der Waals surface area contributed by atoms with Crippen molar-refractivity contribution in [2.75, 3.05) is 24.3 Å². The Hall–Kier alpha value is -1.81. The van der Waals surface area contributed by atoms with Crippen LogP contribution in [0.3, 0.4) is 0 Å². The zero-order valence-electron chi connectivity index (χ0n) is 14.3. The fourth-order valence-electron chi connectivity index (χ4n) is 2.80. The van der Waals surface area contributed by atoms with Crippen molar-refractivity contribution in [3.63, 3.8) is 0 Å². The molecule has 1 aliphatic rings. The van der Waals surface area contributed by atoms with Gasteiger partial charge in [-0.2, -0.15) is 0 Å². The number of amides is 1. The van der Waals surface area contributed by atoms with E-state index in [4.69, 9.17) is 4.42 Å². The first-order valence-corrected chi connectivity index (χ1v) is 10.6. The average molecular weight is 384 g/mol. The van der Waals surface area contributed by atoms with Crippen molar-refractivity contribution >= 4 is 27.5 Å². The van der Waals surface area contributed by atoms with Gasteiger partial charge in [0.1, 0.15) is 5.76 Å². The molecule has 3 rings (SSSR count). The Morgan fingerprint density at radius 3 is 2.84 bits per heavy atom. The number of hydrogen-bond donors (Lipinski definition) is 0. The highest BCUT2D eigenvalue weighted by Crippen LogP contribution is 2.26. The lowest BCUT2D eigenvalue weighted by Crippen LogP contribution is -2.38. The van der Waals surface area contributed by atoms with Crippen molar-refractivity contribution in [1.29, 1.82) is 0 Å². The van der Waals surface area contributed by atoms with Crippen molar-refractivity contribution in [3.05, 3.63) is 18.1 Å². The van der Waals surface area contributed by atoms with Gasteiger partial charge in [0.25, 0.3) is 0 Å². The molecule has 3 heterocycles. The van der Waals surface area contributed by atoms with E-state index in [0.717, 1.165) is 11.3 Å². The maximum absolute atomic E-state index is 12.4. The van der Waals surface area contributed by atoms with Gasteiger partial charge in [-0.25, -0.2) is 8.42 Å². The number of carbonyl (C=O) groups excluding carboxylic acids is 1. The molecule has 136 valence electrons. The Balaban J connectivity index is 1.63. The normalized spacial score (nSPS) is 19.2. The number of nitrogens with zero attached hydrogens (tertiary/aromatic N) is 4. The van der Waals surface area contributed by atoms with Crippen LogP contribution in [0.5, 0.6) is 0 Å². The third-order valence-electron chi connectivity index (χ3n) is 4.41. The summed E-state index contributed by atoms with van der Waals surface area (Å²) in [5.41, 5.74) is 0.862. The van der Waals surface area contributed by atoms with E-state index in [-0.39, 0.29) is 29.2 Å². The summed E-state index contributed by atoms with van der Waals surface area (Å²) in [5, 5.41) is 8.92. The predicted molar refractivity (Wildman–Crippen MR) is 94.0 cm³/mol. The van der Waals surface area contributed by atoms with Gasteiger partial charge in [0.15, 0.2) is 20.8 Å². The molecule has 2 aromatic heterocycles. The van der Waals surface area contributed by atoms with Crippen molar-refractivity contribution in [1.82, 2.24) is 19.7 Å². The number of thioether (sulfide) groups is 1. The highest BCUT2D eigenvalue weighted by atomic mass is 32.2. The molecule has 1 saturated heterocycles. The maximum Gasteiger partial charge on any atom is 0.233 e. The molecule has 25 heavy (non-hydrogen) atoms. The largest absolute Gasteiger partial charge is 0.469 e. The lowest BCUT2D eigenvalue weighted by atomic mass is 10.2. The Morgan fingerprint density at radius 2 is 2.24 bits per heavy atom. The third kappa shape index (κ3) is 3.74. The van der Waals surface area contributed by atoms with Gasteiger partial charge < -0.3 is 13.9 Å². The van der Waals surface area contributed by atoms with E-state index in [0.29, 0.717) is 17.4 Å². The first kappa shape index (κ1) is 18.0. The molecular weight excluding hydrogens is 364 g/mol. The summed E-state index contributed by atoms with van der Waals surface area (Å²) in [6.45, 7) is 1.85. The summed E-state index contributed by atoms with van der Waals surface area (Å²) in [5.74, 6) is 1.70. The number of aryl methyl sites for hydroxylation is 1. The summed E-state index contributed by atoms with van der Waals surface area (Å²) in [7, 11) is 0.484. The van der Waals surface area contributed by atoms with Gasteiger partial charge in [-0.3, -0.25) is 4.79 Å². The summed E-state index contributed by atoms with van der Waals surface area (Å²) >= 11 is 1.28. The van der Waals surface area contributed by atoms with Crippen LogP contribution in [0.25, 0.3) is 11.4 Å². The maximum atomic E-state index is 12.4. The molecule has 0 aromatic carbocycles. The highest BCUT2D eigenvalue weighted by Gasteiger charge is 2.32. The molecule has 2 aromatic rings. The van der Waals surface area contributed by atoms with Crippen LogP contribution >= 0.6 is 11.8 Å². The molecule has 0 bridgehead atoms.